The lowest BCUT2D eigenvalue weighted by Gasteiger charge is -2.14. The second-order valence-electron chi connectivity index (χ2n) is 6.60. The van der Waals surface area contributed by atoms with Crippen LogP contribution in [-0.4, -0.2) is 41.6 Å². The van der Waals surface area contributed by atoms with Crippen LogP contribution < -0.4 is 0 Å². The molecule has 0 N–H and O–H groups in total. The SMILES string of the molecule is Cc1cc(C)c(C(=O)COC(=O)CN2C(=O)c3ccccc3C2=O)c(C)c1. The molecule has 138 valence electrons. The van der Waals surface area contributed by atoms with E-state index >= 15 is 0 Å². The van der Waals surface area contributed by atoms with E-state index in [1.54, 1.807) is 12.1 Å². The van der Waals surface area contributed by atoms with Gasteiger partial charge in [-0.25, -0.2) is 0 Å². The number of imide groups is 1. The zero-order valence-electron chi connectivity index (χ0n) is 15.4. The first-order valence-electron chi connectivity index (χ1n) is 8.51. The molecule has 27 heavy (non-hydrogen) atoms. The third kappa shape index (κ3) is 3.51. The van der Waals surface area contributed by atoms with Crippen molar-refractivity contribution in [3.05, 3.63) is 69.8 Å². The van der Waals surface area contributed by atoms with Gasteiger partial charge in [0.25, 0.3) is 11.8 Å². The number of amides is 2. The van der Waals surface area contributed by atoms with Gasteiger partial charge in [-0.1, -0.05) is 29.8 Å². The molecule has 1 aliphatic heterocycles. The smallest absolute Gasteiger partial charge is 0.326 e. The number of carbonyl (C=O) groups is 4. The summed E-state index contributed by atoms with van der Waals surface area (Å²) in [6, 6.07) is 10.1. The van der Waals surface area contributed by atoms with Gasteiger partial charge in [0.15, 0.2) is 6.61 Å². The summed E-state index contributed by atoms with van der Waals surface area (Å²) in [6.45, 7) is 4.64. The molecule has 1 aliphatic rings. The summed E-state index contributed by atoms with van der Waals surface area (Å²) in [7, 11) is 0. The van der Waals surface area contributed by atoms with Crippen molar-refractivity contribution in [1.29, 1.82) is 0 Å². The average molecular weight is 365 g/mol. The third-order valence-electron chi connectivity index (χ3n) is 4.49. The Bertz CT molecular complexity index is 918. The summed E-state index contributed by atoms with van der Waals surface area (Å²) in [5, 5.41) is 0. The van der Waals surface area contributed by atoms with Crippen LogP contribution in [0.1, 0.15) is 47.8 Å². The number of nitrogens with zero attached hydrogens (tertiary/aromatic N) is 1. The van der Waals surface area contributed by atoms with E-state index in [0.717, 1.165) is 21.6 Å². The van der Waals surface area contributed by atoms with Gasteiger partial charge >= 0.3 is 5.97 Å². The zero-order chi connectivity index (χ0) is 19.7. The highest BCUT2D eigenvalue weighted by Gasteiger charge is 2.36. The lowest BCUT2D eigenvalue weighted by atomic mass is 9.97. The number of ketones is 1. The van der Waals surface area contributed by atoms with Crippen LogP contribution >= 0.6 is 0 Å². The van der Waals surface area contributed by atoms with Crippen molar-refractivity contribution in [3.63, 3.8) is 0 Å². The van der Waals surface area contributed by atoms with E-state index in [-0.39, 0.29) is 16.9 Å². The molecule has 0 radical (unpaired) electrons. The lowest BCUT2D eigenvalue weighted by molar-refractivity contribution is -0.142. The largest absolute Gasteiger partial charge is 0.456 e. The Morgan fingerprint density at radius 1 is 0.926 bits per heavy atom. The number of aryl methyl sites for hydroxylation is 3. The molecule has 6 heteroatoms. The first kappa shape index (κ1) is 18.5. The predicted molar refractivity (Wildman–Crippen MR) is 97.8 cm³/mol. The van der Waals surface area contributed by atoms with Crippen LogP contribution in [0.5, 0.6) is 0 Å². The number of ether oxygens (including phenoxy) is 1. The number of esters is 1. The van der Waals surface area contributed by atoms with E-state index in [2.05, 4.69) is 0 Å². The fraction of sp³-hybridized carbons (Fsp3) is 0.238. The molecule has 0 unspecified atom stereocenters. The van der Waals surface area contributed by atoms with E-state index in [4.69, 9.17) is 4.74 Å². The van der Waals surface area contributed by atoms with Crippen molar-refractivity contribution in [2.75, 3.05) is 13.2 Å². The first-order valence-corrected chi connectivity index (χ1v) is 8.51. The fourth-order valence-electron chi connectivity index (χ4n) is 3.40. The number of carbonyl (C=O) groups excluding carboxylic acids is 4. The summed E-state index contributed by atoms with van der Waals surface area (Å²) in [6.07, 6.45) is 0. The molecule has 2 aromatic rings. The molecular weight excluding hydrogens is 346 g/mol. The van der Waals surface area contributed by atoms with Crippen molar-refractivity contribution in [3.8, 4) is 0 Å². The highest BCUT2D eigenvalue weighted by atomic mass is 16.5. The predicted octanol–water partition coefficient (Wildman–Crippen LogP) is 2.63. The van der Waals surface area contributed by atoms with Gasteiger partial charge in [-0.2, -0.15) is 0 Å². The molecule has 0 saturated carbocycles. The van der Waals surface area contributed by atoms with Crippen LogP contribution in [-0.2, 0) is 9.53 Å². The van der Waals surface area contributed by atoms with E-state index < -0.39 is 30.9 Å². The Morgan fingerprint density at radius 3 is 1.96 bits per heavy atom. The Balaban J connectivity index is 1.64. The highest BCUT2D eigenvalue weighted by Crippen LogP contribution is 2.22. The molecule has 0 aliphatic carbocycles. The minimum atomic E-state index is -0.805. The Morgan fingerprint density at radius 2 is 1.44 bits per heavy atom. The van der Waals surface area contributed by atoms with Crippen LogP contribution in [0.2, 0.25) is 0 Å². The van der Waals surface area contributed by atoms with Crippen LogP contribution in [0.25, 0.3) is 0 Å². The molecular formula is C21H19NO5. The standard InChI is InChI=1S/C21H19NO5/c1-12-8-13(2)19(14(3)9-12)17(23)11-27-18(24)10-22-20(25)15-6-4-5-7-16(15)21(22)26/h4-9H,10-11H2,1-3H3. The van der Waals surface area contributed by atoms with E-state index in [9.17, 15) is 19.2 Å². The Kier molecular flexibility index (Phi) is 4.90. The molecule has 0 fully saturated rings. The van der Waals surface area contributed by atoms with E-state index in [0.29, 0.717) is 5.56 Å². The lowest BCUT2D eigenvalue weighted by Crippen LogP contribution is -2.36. The van der Waals surface area contributed by atoms with Crippen molar-refractivity contribution in [2.24, 2.45) is 0 Å². The summed E-state index contributed by atoms with van der Waals surface area (Å²) < 4.78 is 5.02. The number of rotatable bonds is 5. The molecule has 6 nitrogen and oxygen atoms in total. The van der Waals surface area contributed by atoms with Gasteiger partial charge in [0, 0.05) is 5.56 Å². The van der Waals surface area contributed by atoms with Crippen molar-refractivity contribution in [1.82, 2.24) is 4.90 Å². The van der Waals surface area contributed by atoms with Crippen LogP contribution in [0.15, 0.2) is 36.4 Å². The second kappa shape index (κ2) is 7.15. The molecule has 0 atom stereocenters. The Labute approximate surface area is 156 Å². The molecule has 0 aromatic heterocycles. The third-order valence-corrected chi connectivity index (χ3v) is 4.49. The van der Waals surface area contributed by atoms with Crippen LogP contribution in [0.4, 0.5) is 0 Å². The van der Waals surface area contributed by atoms with Gasteiger partial charge in [-0.05, 0) is 44.0 Å². The van der Waals surface area contributed by atoms with Gasteiger partial charge < -0.3 is 4.74 Å². The summed E-state index contributed by atoms with van der Waals surface area (Å²) in [5.74, 6) is -2.20. The number of hydrogen-bond donors (Lipinski definition) is 0. The summed E-state index contributed by atoms with van der Waals surface area (Å²) in [4.78, 5) is 49.8. The molecule has 0 saturated heterocycles. The molecule has 0 bridgehead atoms. The van der Waals surface area contributed by atoms with Crippen LogP contribution in [0.3, 0.4) is 0 Å². The minimum Gasteiger partial charge on any atom is -0.456 e. The highest BCUT2D eigenvalue weighted by molar-refractivity contribution is 6.22. The minimum absolute atomic E-state index is 0.261. The second-order valence-corrected chi connectivity index (χ2v) is 6.60. The normalized spacial score (nSPS) is 12.9. The van der Waals surface area contributed by atoms with Gasteiger partial charge in [0.2, 0.25) is 5.78 Å². The average Bonchev–Trinajstić information content (AvgIpc) is 2.84. The van der Waals surface area contributed by atoms with Crippen molar-refractivity contribution >= 4 is 23.6 Å². The summed E-state index contributed by atoms with van der Waals surface area (Å²) in [5.41, 5.74) is 3.72. The first-order chi connectivity index (χ1) is 12.8. The maximum atomic E-state index is 12.4. The van der Waals surface area contributed by atoms with Gasteiger partial charge in [-0.15, -0.1) is 0 Å². The number of hydrogen-bond acceptors (Lipinski definition) is 5. The number of Topliss-reactive ketones (excluding diaryl/α,β-unsaturated/α-hetero) is 1. The molecule has 2 aromatic carbocycles. The molecule has 3 rings (SSSR count). The Hall–Kier alpha value is -3.28. The molecule has 0 spiro atoms. The fourth-order valence-corrected chi connectivity index (χ4v) is 3.40. The van der Waals surface area contributed by atoms with E-state index in [1.807, 2.05) is 32.9 Å². The molecule has 2 amide bonds. The maximum Gasteiger partial charge on any atom is 0.326 e. The van der Waals surface area contributed by atoms with Gasteiger partial charge in [-0.3, -0.25) is 24.1 Å². The van der Waals surface area contributed by atoms with Crippen molar-refractivity contribution in [2.45, 2.75) is 20.8 Å². The van der Waals surface area contributed by atoms with Gasteiger partial charge in [0.1, 0.15) is 6.54 Å². The molecule has 1 heterocycles. The topological polar surface area (TPSA) is 80.8 Å². The van der Waals surface area contributed by atoms with Crippen LogP contribution in [0, 0.1) is 20.8 Å². The van der Waals surface area contributed by atoms with Gasteiger partial charge in [0.05, 0.1) is 11.1 Å². The number of benzene rings is 2. The monoisotopic (exact) mass is 365 g/mol. The summed E-state index contributed by atoms with van der Waals surface area (Å²) >= 11 is 0. The number of fused-ring (bicyclic) bond motifs is 1. The van der Waals surface area contributed by atoms with Crippen molar-refractivity contribution < 1.29 is 23.9 Å². The quantitative estimate of drug-likeness (QED) is 0.462. The zero-order valence-corrected chi connectivity index (χ0v) is 15.4. The maximum absolute atomic E-state index is 12.4. The van der Waals surface area contributed by atoms with E-state index in [1.165, 1.54) is 12.1 Å².